The van der Waals surface area contributed by atoms with E-state index in [4.69, 9.17) is 4.74 Å². The number of Topliss-reactive ketones (excluding diaryl/α,β-unsaturated/α-hetero) is 1. The van der Waals surface area contributed by atoms with Gasteiger partial charge in [-0.25, -0.2) is 4.79 Å². The van der Waals surface area contributed by atoms with E-state index in [0.29, 0.717) is 17.0 Å². The number of ketones is 1. The predicted octanol–water partition coefficient (Wildman–Crippen LogP) is 3.15. The molecule has 0 aliphatic rings. The van der Waals surface area contributed by atoms with Crippen LogP contribution >= 0.6 is 15.9 Å². The maximum absolute atomic E-state index is 11.4. The summed E-state index contributed by atoms with van der Waals surface area (Å²) in [4.78, 5) is 22.7. The second kappa shape index (κ2) is 5.50. The largest absolute Gasteiger partial charge is 0.497 e. The molecule has 0 spiro atoms. The number of hydrogen-bond acceptors (Lipinski definition) is 3. The van der Waals surface area contributed by atoms with Gasteiger partial charge in [0.25, 0.3) is 0 Å². The molecule has 1 aromatic carbocycles. The Morgan fingerprint density at radius 3 is 2.50 bits per heavy atom. The molecular formula is C14H12BrNO4. The minimum absolute atomic E-state index is 0.0235. The van der Waals surface area contributed by atoms with Gasteiger partial charge < -0.3 is 14.4 Å². The number of aromatic nitrogens is 1. The number of halogens is 1. The smallest absolute Gasteiger partial charge is 0.352 e. The SMILES string of the molecule is COc1cc(Br)cc(-n2cc(C(C)=O)cc2C(=O)O)c1. The lowest BCUT2D eigenvalue weighted by atomic mass is 10.2. The summed E-state index contributed by atoms with van der Waals surface area (Å²) in [7, 11) is 1.53. The van der Waals surface area contributed by atoms with Crippen LogP contribution in [0.15, 0.2) is 34.9 Å². The lowest BCUT2D eigenvalue weighted by Crippen LogP contribution is -2.05. The Bertz CT molecular complexity index is 690. The van der Waals surface area contributed by atoms with Gasteiger partial charge >= 0.3 is 5.97 Å². The Morgan fingerprint density at radius 1 is 1.25 bits per heavy atom. The molecule has 0 saturated heterocycles. The molecule has 0 unspecified atom stereocenters. The molecule has 1 N–H and O–H groups in total. The van der Waals surface area contributed by atoms with Gasteiger partial charge in [0.15, 0.2) is 5.78 Å². The van der Waals surface area contributed by atoms with Crippen molar-refractivity contribution in [2.45, 2.75) is 6.92 Å². The normalized spacial score (nSPS) is 10.3. The first-order chi connectivity index (χ1) is 9.42. The summed E-state index contributed by atoms with van der Waals surface area (Å²) < 4.78 is 7.36. The number of carboxylic acid groups (broad SMARTS) is 1. The number of hydrogen-bond donors (Lipinski definition) is 1. The molecular weight excluding hydrogens is 326 g/mol. The Balaban J connectivity index is 2.64. The van der Waals surface area contributed by atoms with Crippen LogP contribution in [0.4, 0.5) is 0 Å². The minimum atomic E-state index is -1.10. The molecule has 6 heteroatoms. The fourth-order valence-electron chi connectivity index (χ4n) is 1.84. The number of aromatic carboxylic acids is 1. The minimum Gasteiger partial charge on any atom is -0.497 e. The third-order valence-corrected chi connectivity index (χ3v) is 3.27. The first kappa shape index (κ1) is 14.3. The standard InChI is InChI=1S/C14H12BrNO4/c1-8(17)9-3-13(14(18)19)16(7-9)11-4-10(15)5-12(6-11)20-2/h3-7H,1-2H3,(H,18,19). The van der Waals surface area contributed by atoms with Crippen LogP contribution in [0, 0.1) is 0 Å². The van der Waals surface area contributed by atoms with Crippen molar-refractivity contribution < 1.29 is 19.4 Å². The molecule has 20 heavy (non-hydrogen) atoms. The van der Waals surface area contributed by atoms with Crippen LogP contribution in [0.2, 0.25) is 0 Å². The van der Waals surface area contributed by atoms with E-state index in [1.807, 2.05) is 0 Å². The van der Waals surface area contributed by atoms with Crippen molar-refractivity contribution in [3.05, 3.63) is 46.2 Å². The van der Waals surface area contributed by atoms with Gasteiger partial charge in [-0.2, -0.15) is 0 Å². The summed E-state index contributed by atoms with van der Waals surface area (Å²) in [6, 6.07) is 6.57. The van der Waals surface area contributed by atoms with Crippen molar-refractivity contribution in [3.8, 4) is 11.4 Å². The van der Waals surface area contributed by atoms with E-state index in [0.717, 1.165) is 4.47 Å². The van der Waals surface area contributed by atoms with Crippen LogP contribution < -0.4 is 4.74 Å². The van der Waals surface area contributed by atoms with Crippen molar-refractivity contribution in [2.24, 2.45) is 0 Å². The van der Waals surface area contributed by atoms with Crippen LogP contribution in [-0.2, 0) is 0 Å². The third kappa shape index (κ3) is 2.75. The van der Waals surface area contributed by atoms with E-state index in [-0.39, 0.29) is 11.5 Å². The predicted molar refractivity (Wildman–Crippen MR) is 77.0 cm³/mol. The Hall–Kier alpha value is -2.08. The number of ether oxygens (including phenoxy) is 1. The summed E-state index contributed by atoms with van der Waals surface area (Å²) in [6.45, 7) is 1.40. The maximum atomic E-state index is 11.4. The summed E-state index contributed by atoms with van der Waals surface area (Å²) in [6.07, 6.45) is 1.51. The molecule has 2 rings (SSSR count). The van der Waals surface area contributed by atoms with Crippen molar-refractivity contribution in [3.63, 3.8) is 0 Å². The van der Waals surface area contributed by atoms with Crippen LogP contribution in [0.3, 0.4) is 0 Å². The molecule has 1 aromatic heterocycles. The molecule has 104 valence electrons. The maximum Gasteiger partial charge on any atom is 0.352 e. The fourth-order valence-corrected chi connectivity index (χ4v) is 2.30. The molecule has 2 aromatic rings. The second-order valence-corrected chi connectivity index (χ2v) is 5.11. The highest BCUT2D eigenvalue weighted by Crippen LogP contribution is 2.26. The molecule has 0 saturated carbocycles. The first-order valence-electron chi connectivity index (χ1n) is 5.74. The second-order valence-electron chi connectivity index (χ2n) is 4.19. The Labute approximate surface area is 123 Å². The van der Waals surface area contributed by atoms with Gasteiger partial charge in [-0.3, -0.25) is 4.79 Å². The Morgan fingerprint density at radius 2 is 1.95 bits per heavy atom. The number of methoxy groups -OCH3 is 1. The molecule has 5 nitrogen and oxygen atoms in total. The first-order valence-corrected chi connectivity index (χ1v) is 6.53. The molecule has 0 fully saturated rings. The van der Waals surface area contributed by atoms with Crippen LogP contribution in [0.5, 0.6) is 5.75 Å². The summed E-state index contributed by atoms with van der Waals surface area (Å²) in [5, 5.41) is 9.24. The quantitative estimate of drug-likeness (QED) is 0.870. The van der Waals surface area contributed by atoms with Crippen LogP contribution in [-0.4, -0.2) is 28.5 Å². The molecule has 0 amide bonds. The third-order valence-electron chi connectivity index (χ3n) is 2.82. The molecule has 0 bridgehead atoms. The summed E-state index contributed by atoms with van der Waals surface area (Å²) >= 11 is 3.34. The topological polar surface area (TPSA) is 68.5 Å². The lowest BCUT2D eigenvalue weighted by molar-refractivity contribution is 0.0688. The van der Waals surface area contributed by atoms with E-state index in [2.05, 4.69) is 15.9 Å². The van der Waals surface area contributed by atoms with E-state index in [9.17, 15) is 14.7 Å². The summed E-state index contributed by atoms with van der Waals surface area (Å²) in [5.41, 5.74) is 0.970. The van der Waals surface area contributed by atoms with Gasteiger partial charge in [0.05, 0.1) is 12.8 Å². The van der Waals surface area contributed by atoms with Crippen LogP contribution in [0.1, 0.15) is 27.8 Å². The van der Waals surface area contributed by atoms with Gasteiger partial charge in [0.1, 0.15) is 11.4 Å². The highest BCUT2D eigenvalue weighted by atomic mass is 79.9. The average Bonchev–Trinajstić information content (AvgIpc) is 2.83. The van der Waals surface area contributed by atoms with Gasteiger partial charge in [-0.15, -0.1) is 0 Å². The zero-order valence-electron chi connectivity index (χ0n) is 10.9. The highest BCUT2D eigenvalue weighted by molar-refractivity contribution is 9.10. The number of benzene rings is 1. The van der Waals surface area contributed by atoms with Crippen molar-refractivity contribution in [1.82, 2.24) is 4.57 Å². The number of carbonyl (C=O) groups excluding carboxylic acids is 1. The monoisotopic (exact) mass is 337 g/mol. The van der Waals surface area contributed by atoms with Gasteiger partial charge in [-0.05, 0) is 25.1 Å². The van der Waals surface area contributed by atoms with Crippen LogP contribution in [0.25, 0.3) is 5.69 Å². The van der Waals surface area contributed by atoms with E-state index in [1.165, 1.54) is 30.9 Å². The highest BCUT2D eigenvalue weighted by Gasteiger charge is 2.16. The van der Waals surface area contributed by atoms with Gasteiger partial charge in [-0.1, -0.05) is 15.9 Å². The van der Waals surface area contributed by atoms with E-state index >= 15 is 0 Å². The number of carbonyl (C=O) groups is 2. The van der Waals surface area contributed by atoms with Crippen molar-refractivity contribution >= 4 is 27.7 Å². The van der Waals surface area contributed by atoms with E-state index < -0.39 is 5.97 Å². The van der Waals surface area contributed by atoms with E-state index in [1.54, 1.807) is 18.2 Å². The zero-order chi connectivity index (χ0) is 14.9. The average molecular weight is 338 g/mol. The number of nitrogens with zero attached hydrogens (tertiary/aromatic N) is 1. The molecule has 1 heterocycles. The molecule has 0 radical (unpaired) electrons. The van der Waals surface area contributed by atoms with Crippen molar-refractivity contribution in [2.75, 3.05) is 7.11 Å². The molecule has 0 atom stereocenters. The summed E-state index contributed by atoms with van der Waals surface area (Å²) in [5.74, 6) is -0.701. The number of rotatable bonds is 4. The van der Waals surface area contributed by atoms with Crippen molar-refractivity contribution in [1.29, 1.82) is 0 Å². The lowest BCUT2D eigenvalue weighted by Gasteiger charge is -2.09. The van der Waals surface area contributed by atoms with Gasteiger partial charge in [0, 0.05) is 22.3 Å². The van der Waals surface area contributed by atoms with Gasteiger partial charge in [0.2, 0.25) is 0 Å². The number of carboxylic acids is 1. The Kier molecular flexibility index (Phi) is 3.94. The molecule has 0 aliphatic heterocycles. The molecule has 0 aliphatic carbocycles. The fraction of sp³-hybridized carbons (Fsp3) is 0.143. The zero-order valence-corrected chi connectivity index (χ0v) is 12.5.